The number of amides is 1. The largest absolute Gasteiger partial charge is 0.453 e. The van der Waals surface area contributed by atoms with Gasteiger partial charge >= 0.3 is 6.09 Å². The number of anilines is 2. The number of ether oxygens (including phenoxy) is 1. The van der Waals surface area contributed by atoms with Crippen molar-refractivity contribution in [3.8, 4) is 22.5 Å². The molecule has 0 bridgehead atoms. The zero-order chi connectivity index (χ0) is 36.8. The molecule has 0 saturated carbocycles. The van der Waals surface area contributed by atoms with E-state index in [0.29, 0.717) is 0 Å². The number of hydrogen-bond acceptors (Lipinski definition) is 8. The molecule has 3 N–H and O–H groups in total. The summed E-state index contributed by atoms with van der Waals surface area (Å²) in [6, 6.07) is -2.72. The molecule has 0 aliphatic heterocycles. The van der Waals surface area contributed by atoms with Crippen molar-refractivity contribution in [1.82, 2.24) is 25.1 Å². The molecule has 0 radical (unpaired) electrons. The molecule has 2 heterocycles. The van der Waals surface area contributed by atoms with Gasteiger partial charge in [-0.25, -0.2) is 27.6 Å². The maximum absolute atomic E-state index is 15.9. The third-order valence-electron chi connectivity index (χ3n) is 4.24. The standard InChI is InChI=1S/C22H27ClFN7O4S/c1-12(2)31-11-16(17-6-7-25-21(28-17)26-10-13(3)27-22(32)35-4)20(29-31)15-8-14(23)9-18(19(15)24)30-36(5,33)34/h6-9,11-13,30H,10H2,1-5H3,(H,27,32)(H,25,26,28)/i1D3,2D3,3D3,10D2,12D. The minimum absolute atomic E-state index is 0.237. The summed E-state index contributed by atoms with van der Waals surface area (Å²) in [7, 11) is -3.15. The number of aromatic nitrogens is 4. The van der Waals surface area contributed by atoms with Crippen LogP contribution < -0.4 is 15.4 Å². The molecule has 2 aromatic heterocycles. The van der Waals surface area contributed by atoms with Crippen LogP contribution in [0, 0.1) is 5.82 Å². The fourth-order valence-corrected chi connectivity index (χ4v) is 3.60. The van der Waals surface area contributed by atoms with E-state index in [4.69, 9.17) is 28.1 Å². The average Bonchev–Trinajstić information content (AvgIpc) is 3.35. The number of hydrogen-bond donors (Lipinski definition) is 3. The predicted molar refractivity (Wildman–Crippen MR) is 136 cm³/mol. The van der Waals surface area contributed by atoms with Gasteiger partial charge in [-0.1, -0.05) is 11.6 Å². The summed E-state index contributed by atoms with van der Waals surface area (Å²) in [5.41, 5.74) is -2.56. The molecule has 194 valence electrons. The van der Waals surface area contributed by atoms with Gasteiger partial charge in [-0.3, -0.25) is 9.40 Å². The molecule has 0 aliphatic carbocycles. The molecular weight excluding hydrogens is 513 g/mol. The van der Waals surface area contributed by atoms with Crippen molar-refractivity contribution >= 4 is 39.4 Å². The summed E-state index contributed by atoms with van der Waals surface area (Å²) in [4.78, 5) is 19.7. The second-order valence-electron chi connectivity index (χ2n) is 6.98. The lowest BCUT2D eigenvalue weighted by Crippen LogP contribution is -2.37. The Morgan fingerprint density at radius 3 is 2.81 bits per heavy atom. The molecule has 36 heavy (non-hydrogen) atoms. The number of sulfonamides is 1. The average molecular weight is 552 g/mol. The van der Waals surface area contributed by atoms with Gasteiger partial charge < -0.3 is 15.4 Å². The second-order valence-corrected chi connectivity index (χ2v) is 9.16. The van der Waals surface area contributed by atoms with Gasteiger partial charge in [0.2, 0.25) is 16.0 Å². The molecule has 3 rings (SSSR count). The van der Waals surface area contributed by atoms with Gasteiger partial charge in [0.05, 0.1) is 28.9 Å². The summed E-state index contributed by atoms with van der Waals surface area (Å²) in [5, 5.41) is 7.69. The van der Waals surface area contributed by atoms with Crippen molar-refractivity contribution in [1.29, 1.82) is 0 Å². The minimum Gasteiger partial charge on any atom is -0.453 e. The topological polar surface area (TPSA) is 140 Å². The van der Waals surface area contributed by atoms with Crippen molar-refractivity contribution < 1.29 is 38.8 Å². The summed E-state index contributed by atoms with van der Waals surface area (Å²) in [6.45, 7) is -13.3. The Balaban J connectivity index is 2.33. The van der Waals surface area contributed by atoms with Crippen molar-refractivity contribution in [2.45, 2.75) is 32.6 Å². The van der Waals surface area contributed by atoms with E-state index in [1.165, 1.54) is 0 Å². The fraction of sp³-hybridized carbons (Fsp3) is 0.364. The molecule has 0 aliphatic rings. The first kappa shape index (κ1) is 15.0. The second kappa shape index (κ2) is 11.1. The molecule has 0 spiro atoms. The normalized spacial score (nSPS) is 19.0. The van der Waals surface area contributed by atoms with Crippen LogP contribution in [0.5, 0.6) is 0 Å². The Hall–Kier alpha value is -3.45. The van der Waals surface area contributed by atoms with Crippen molar-refractivity contribution in [2.75, 3.05) is 29.9 Å². The summed E-state index contributed by atoms with van der Waals surface area (Å²) < 4.78 is 142. The molecule has 11 nitrogen and oxygen atoms in total. The van der Waals surface area contributed by atoms with Crippen LogP contribution in [0.1, 0.15) is 43.0 Å². The quantitative estimate of drug-likeness (QED) is 0.363. The van der Waals surface area contributed by atoms with Crippen LogP contribution in [-0.2, 0) is 14.8 Å². The number of benzene rings is 1. The highest BCUT2D eigenvalue weighted by atomic mass is 35.5. The molecule has 14 heteroatoms. The molecule has 1 amide bonds. The zero-order valence-electron chi connectivity index (χ0n) is 30.6. The number of alkyl carbamates (subject to hydrolysis) is 1. The lowest BCUT2D eigenvalue weighted by atomic mass is 10.0. The van der Waals surface area contributed by atoms with Gasteiger partial charge in [-0.2, -0.15) is 5.10 Å². The van der Waals surface area contributed by atoms with E-state index >= 15 is 4.39 Å². The number of carbonyl (C=O) groups is 1. The summed E-state index contributed by atoms with van der Waals surface area (Å²) in [5.74, 6) is -1.93. The molecular formula is C22H27ClFN7O4S. The first-order chi connectivity index (χ1) is 21.6. The molecule has 3 aromatic rings. The Morgan fingerprint density at radius 1 is 1.36 bits per heavy atom. The number of halogens is 2. The number of rotatable bonds is 9. The van der Waals surface area contributed by atoms with Gasteiger partial charge in [0.15, 0.2) is 5.82 Å². The van der Waals surface area contributed by atoms with Crippen LogP contribution in [-0.4, -0.2) is 60.2 Å². The molecule has 1 atom stereocenters. The van der Waals surface area contributed by atoms with Gasteiger partial charge in [0.1, 0.15) is 5.69 Å². The Bertz CT molecular complexity index is 1790. The number of methoxy groups -OCH3 is 1. The van der Waals surface area contributed by atoms with Gasteiger partial charge in [0.25, 0.3) is 0 Å². The number of nitrogens with one attached hydrogen (secondary N) is 3. The molecule has 1 aromatic carbocycles. The van der Waals surface area contributed by atoms with E-state index in [1.807, 2.05) is 10.0 Å². The summed E-state index contributed by atoms with van der Waals surface area (Å²) in [6.07, 6.45) is 1.20. The van der Waals surface area contributed by atoms with Crippen molar-refractivity contribution in [3.63, 3.8) is 0 Å². The van der Waals surface area contributed by atoms with E-state index in [0.717, 1.165) is 44.0 Å². The molecule has 0 saturated heterocycles. The van der Waals surface area contributed by atoms with Gasteiger partial charge in [0, 0.05) is 59.4 Å². The van der Waals surface area contributed by atoms with Gasteiger partial charge in [-0.05, 0) is 38.8 Å². The van der Waals surface area contributed by atoms with E-state index < -0.39 is 83.9 Å². The first-order valence-corrected chi connectivity index (χ1v) is 11.9. The maximum atomic E-state index is 15.9. The van der Waals surface area contributed by atoms with Crippen LogP contribution in [0.3, 0.4) is 0 Å². The maximum Gasteiger partial charge on any atom is 0.407 e. The van der Waals surface area contributed by atoms with Crippen LogP contribution in [0.4, 0.5) is 20.8 Å². The fourth-order valence-electron chi connectivity index (χ4n) is 2.83. The predicted octanol–water partition coefficient (Wildman–Crippen LogP) is 3.91. The highest BCUT2D eigenvalue weighted by Gasteiger charge is 2.22. The highest BCUT2D eigenvalue weighted by molar-refractivity contribution is 7.92. The lowest BCUT2D eigenvalue weighted by molar-refractivity contribution is 0.168. The number of nitrogens with zero attached hydrogens (tertiary/aromatic N) is 4. The highest BCUT2D eigenvalue weighted by Crippen LogP contribution is 2.37. The first-order valence-electron chi connectivity index (χ1n) is 15.7. The van der Waals surface area contributed by atoms with Crippen molar-refractivity contribution in [2.24, 2.45) is 0 Å². The Kier molecular flexibility index (Phi) is 4.60. The molecule has 1 unspecified atom stereocenters. The van der Waals surface area contributed by atoms with E-state index in [-0.39, 0.29) is 21.0 Å². The Morgan fingerprint density at radius 2 is 2.14 bits per heavy atom. The zero-order valence-corrected chi connectivity index (χ0v) is 20.1. The smallest absolute Gasteiger partial charge is 0.407 e. The Labute approximate surface area is 230 Å². The van der Waals surface area contributed by atoms with Crippen LogP contribution in [0.15, 0.2) is 30.6 Å². The number of carbonyl (C=O) groups excluding carboxylic acids is 1. The third-order valence-corrected chi connectivity index (χ3v) is 5.05. The van der Waals surface area contributed by atoms with Gasteiger partial charge in [-0.15, -0.1) is 0 Å². The van der Waals surface area contributed by atoms with E-state index in [2.05, 4.69) is 25.1 Å². The lowest BCUT2D eigenvalue weighted by Gasteiger charge is -2.14. The van der Waals surface area contributed by atoms with Crippen molar-refractivity contribution in [3.05, 3.63) is 41.4 Å². The van der Waals surface area contributed by atoms with Crippen LogP contribution >= 0.6 is 11.6 Å². The van der Waals surface area contributed by atoms with E-state index in [1.54, 1.807) is 0 Å². The third kappa shape index (κ3) is 6.82. The molecule has 0 fully saturated rings. The van der Waals surface area contributed by atoms with Crippen LogP contribution in [0.25, 0.3) is 22.5 Å². The SMILES string of the molecule is [2H]C([2H])([2H])C(NC(=O)OC)C([2H])([2H])Nc1nccc(-c2cn(C([2H])(C([2H])([2H])[2H])C([2H])([2H])[2H])nc2-c2cc(Cl)cc(NS(C)(=O)=O)c2F)n1. The summed E-state index contributed by atoms with van der Waals surface area (Å²) >= 11 is 6.14. The minimum atomic E-state index is -4.08. The van der Waals surface area contributed by atoms with Crippen LogP contribution in [0.2, 0.25) is 5.02 Å². The monoisotopic (exact) mass is 551 g/mol. The van der Waals surface area contributed by atoms with E-state index in [9.17, 15) is 13.2 Å².